The molecule has 1 aliphatic rings. The number of carbonyl (C=O) groups excluding carboxylic acids is 2. The zero-order chi connectivity index (χ0) is 18.7. The third-order valence-electron chi connectivity index (χ3n) is 4.37. The highest BCUT2D eigenvalue weighted by Gasteiger charge is 2.23. The second kappa shape index (κ2) is 7.59. The SMILES string of the molecule is CC1CCCN(C(=O)c2cncc(C(=O)Nc3ccc(F)cc3F)c2)C1. The van der Waals surface area contributed by atoms with Crippen molar-refractivity contribution in [3.8, 4) is 0 Å². The van der Waals surface area contributed by atoms with E-state index in [1.165, 1.54) is 18.5 Å². The molecule has 2 aromatic rings. The van der Waals surface area contributed by atoms with E-state index in [0.717, 1.165) is 25.0 Å². The number of hydrogen-bond acceptors (Lipinski definition) is 3. The normalized spacial score (nSPS) is 17.0. The first-order valence-corrected chi connectivity index (χ1v) is 8.45. The molecule has 2 amide bonds. The fourth-order valence-corrected chi connectivity index (χ4v) is 3.02. The summed E-state index contributed by atoms with van der Waals surface area (Å²) in [6.07, 6.45) is 4.75. The average molecular weight is 359 g/mol. The van der Waals surface area contributed by atoms with Gasteiger partial charge in [-0.05, 0) is 37.0 Å². The summed E-state index contributed by atoms with van der Waals surface area (Å²) in [5.41, 5.74) is 0.300. The van der Waals surface area contributed by atoms with Crippen LogP contribution >= 0.6 is 0 Å². The molecule has 1 fully saturated rings. The summed E-state index contributed by atoms with van der Waals surface area (Å²) in [5.74, 6) is -1.96. The average Bonchev–Trinajstić information content (AvgIpc) is 2.63. The number of nitrogens with zero attached hydrogens (tertiary/aromatic N) is 2. The van der Waals surface area contributed by atoms with Crippen molar-refractivity contribution < 1.29 is 18.4 Å². The number of pyridine rings is 1. The zero-order valence-electron chi connectivity index (χ0n) is 14.3. The predicted molar refractivity (Wildman–Crippen MR) is 92.8 cm³/mol. The molecule has 0 aliphatic carbocycles. The Hall–Kier alpha value is -2.83. The van der Waals surface area contributed by atoms with Crippen molar-refractivity contribution >= 4 is 17.5 Å². The lowest BCUT2D eigenvalue weighted by molar-refractivity contribution is 0.0682. The summed E-state index contributed by atoms with van der Waals surface area (Å²) in [6.45, 7) is 3.45. The number of hydrogen-bond donors (Lipinski definition) is 1. The second-order valence-corrected chi connectivity index (χ2v) is 6.54. The third kappa shape index (κ3) is 4.04. The highest BCUT2D eigenvalue weighted by atomic mass is 19.1. The molecule has 26 heavy (non-hydrogen) atoms. The highest BCUT2D eigenvalue weighted by molar-refractivity contribution is 6.05. The zero-order valence-corrected chi connectivity index (χ0v) is 14.3. The quantitative estimate of drug-likeness (QED) is 0.913. The van der Waals surface area contributed by atoms with Crippen molar-refractivity contribution in [3.63, 3.8) is 0 Å². The van der Waals surface area contributed by atoms with E-state index in [0.29, 0.717) is 30.6 Å². The van der Waals surface area contributed by atoms with Gasteiger partial charge >= 0.3 is 0 Å². The number of halogens is 2. The summed E-state index contributed by atoms with van der Waals surface area (Å²) in [7, 11) is 0. The molecule has 3 rings (SSSR count). The van der Waals surface area contributed by atoms with Gasteiger partial charge in [0.25, 0.3) is 11.8 Å². The number of nitrogens with one attached hydrogen (secondary N) is 1. The number of likely N-dealkylation sites (tertiary alicyclic amines) is 1. The molecule has 1 aliphatic heterocycles. The van der Waals surface area contributed by atoms with Crippen LogP contribution in [0.4, 0.5) is 14.5 Å². The predicted octanol–water partition coefficient (Wildman–Crippen LogP) is 3.48. The molecule has 1 N–H and O–H groups in total. The van der Waals surface area contributed by atoms with Crippen LogP contribution in [0.3, 0.4) is 0 Å². The highest BCUT2D eigenvalue weighted by Crippen LogP contribution is 2.19. The Labute approximate surface area is 150 Å². The van der Waals surface area contributed by atoms with Crippen molar-refractivity contribution in [3.05, 3.63) is 59.4 Å². The monoisotopic (exact) mass is 359 g/mol. The van der Waals surface area contributed by atoms with E-state index in [1.807, 2.05) is 0 Å². The van der Waals surface area contributed by atoms with Crippen molar-refractivity contribution in [1.29, 1.82) is 0 Å². The number of carbonyl (C=O) groups is 2. The van der Waals surface area contributed by atoms with Crippen LogP contribution in [0.2, 0.25) is 0 Å². The number of rotatable bonds is 3. The Balaban J connectivity index is 1.75. The molecule has 2 heterocycles. The van der Waals surface area contributed by atoms with E-state index < -0.39 is 17.5 Å². The molecule has 136 valence electrons. The lowest BCUT2D eigenvalue weighted by Gasteiger charge is -2.30. The molecule has 5 nitrogen and oxygen atoms in total. The van der Waals surface area contributed by atoms with Gasteiger partial charge in [0.15, 0.2) is 0 Å². The summed E-state index contributed by atoms with van der Waals surface area (Å²) < 4.78 is 26.6. The van der Waals surface area contributed by atoms with Crippen LogP contribution in [0.25, 0.3) is 0 Å². The summed E-state index contributed by atoms with van der Waals surface area (Å²) in [5, 5.41) is 2.36. The molecule has 0 radical (unpaired) electrons. The molecule has 0 saturated carbocycles. The van der Waals surface area contributed by atoms with Crippen molar-refractivity contribution in [2.75, 3.05) is 18.4 Å². The standard InChI is InChI=1S/C19H19F2N3O2/c1-12-3-2-6-24(11-12)19(26)14-7-13(9-22-10-14)18(25)23-17-5-4-15(20)8-16(17)21/h4-5,7-10,12H,2-3,6,11H2,1H3,(H,23,25). The summed E-state index contributed by atoms with van der Waals surface area (Å²) in [6, 6.07) is 4.31. The van der Waals surface area contributed by atoms with Gasteiger partial charge in [-0.3, -0.25) is 14.6 Å². The van der Waals surface area contributed by atoms with E-state index in [1.54, 1.807) is 4.90 Å². The van der Waals surface area contributed by atoms with Gasteiger partial charge < -0.3 is 10.2 Å². The van der Waals surface area contributed by atoms with Gasteiger partial charge in [-0.2, -0.15) is 0 Å². The van der Waals surface area contributed by atoms with Crippen molar-refractivity contribution in [2.24, 2.45) is 5.92 Å². The van der Waals surface area contributed by atoms with Gasteiger partial charge in [0.05, 0.1) is 16.8 Å². The van der Waals surface area contributed by atoms with Gasteiger partial charge in [-0.25, -0.2) is 8.78 Å². The van der Waals surface area contributed by atoms with E-state index in [2.05, 4.69) is 17.2 Å². The molecule has 1 unspecified atom stereocenters. The van der Waals surface area contributed by atoms with Crippen molar-refractivity contribution in [2.45, 2.75) is 19.8 Å². The van der Waals surface area contributed by atoms with Crippen molar-refractivity contribution in [1.82, 2.24) is 9.88 Å². The fourth-order valence-electron chi connectivity index (χ4n) is 3.02. The van der Waals surface area contributed by atoms with Gasteiger partial charge in [0.1, 0.15) is 11.6 Å². The molecular formula is C19H19F2N3O2. The summed E-state index contributed by atoms with van der Waals surface area (Å²) in [4.78, 5) is 30.7. The second-order valence-electron chi connectivity index (χ2n) is 6.54. The first-order valence-electron chi connectivity index (χ1n) is 8.45. The van der Waals surface area contributed by atoms with Gasteiger partial charge in [-0.15, -0.1) is 0 Å². The Bertz CT molecular complexity index is 841. The number of anilines is 1. The van der Waals surface area contributed by atoms with Crippen LogP contribution in [-0.2, 0) is 0 Å². The Morgan fingerprint density at radius 1 is 1.19 bits per heavy atom. The Morgan fingerprint density at radius 2 is 1.96 bits per heavy atom. The molecular weight excluding hydrogens is 340 g/mol. The lowest BCUT2D eigenvalue weighted by atomic mass is 9.99. The molecule has 7 heteroatoms. The maximum atomic E-state index is 13.7. The molecule has 1 aromatic heterocycles. The first kappa shape index (κ1) is 18.0. The minimum atomic E-state index is -0.874. The van der Waals surface area contributed by atoms with Crippen LogP contribution in [0.1, 0.15) is 40.5 Å². The van der Waals surface area contributed by atoms with Crippen LogP contribution in [0.15, 0.2) is 36.7 Å². The molecule has 1 atom stereocenters. The smallest absolute Gasteiger partial charge is 0.257 e. The Morgan fingerprint density at radius 3 is 2.69 bits per heavy atom. The van der Waals surface area contributed by atoms with Crippen LogP contribution in [-0.4, -0.2) is 34.8 Å². The minimum absolute atomic E-state index is 0.129. The maximum Gasteiger partial charge on any atom is 0.257 e. The number of benzene rings is 1. The summed E-state index contributed by atoms with van der Waals surface area (Å²) >= 11 is 0. The number of aromatic nitrogens is 1. The first-order chi connectivity index (χ1) is 12.4. The van der Waals surface area contributed by atoms with Gasteiger partial charge in [-0.1, -0.05) is 6.92 Å². The molecule has 1 saturated heterocycles. The third-order valence-corrected chi connectivity index (χ3v) is 4.37. The Kier molecular flexibility index (Phi) is 5.25. The van der Waals surface area contributed by atoms with Crippen LogP contribution < -0.4 is 5.32 Å². The maximum absolute atomic E-state index is 13.7. The number of amides is 2. The topological polar surface area (TPSA) is 62.3 Å². The van der Waals surface area contributed by atoms with Crippen LogP contribution in [0.5, 0.6) is 0 Å². The molecule has 0 bridgehead atoms. The van der Waals surface area contributed by atoms with E-state index >= 15 is 0 Å². The fraction of sp³-hybridized carbons (Fsp3) is 0.316. The van der Waals surface area contributed by atoms with Gasteiger partial charge in [0, 0.05) is 31.5 Å². The van der Waals surface area contributed by atoms with E-state index in [9.17, 15) is 18.4 Å². The van der Waals surface area contributed by atoms with E-state index in [4.69, 9.17) is 0 Å². The lowest BCUT2D eigenvalue weighted by Crippen LogP contribution is -2.39. The minimum Gasteiger partial charge on any atom is -0.338 e. The van der Waals surface area contributed by atoms with E-state index in [-0.39, 0.29) is 17.2 Å². The van der Waals surface area contributed by atoms with Gasteiger partial charge in [0.2, 0.25) is 0 Å². The molecule has 1 aromatic carbocycles. The largest absolute Gasteiger partial charge is 0.338 e. The molecule has 0 spiro atoms. The van der Waals surface area contributed by atoms with Crippen LogP contribution in [0, 0.1) is 17.6 Å². The number of piperidine rings is 1.